The van der Waals surface area contributed by atoms with Crippen LogP contribution in [0.3, 0.4) is 0 Å². The molecule has 0 aliphatic heterocycles. The lowest BCUT2D eigenvalue weighted by Crippen LogP contribution is -2.31. The molecule has 0 atom stereocenters. The van der Waals surface area contributed by atoms with Crippen molar-refractivity contribution in [1.82, 2.24) is 9.88 Å². The zero-order chi connectivity index (χ0) is 15.4. The minimum Gasteiger partial charge on any atom is -0.336 e. The molecule has 2 rings (SSSR count). The van der Waals surface area contributed by atoms with Crippen molar-refractivity contribution in [1.29, 1.82) is 0 Å². The number of halogens is 3. The van der Waals surface area contributed by atoms with Crippen LogP contribution in [0.25, 0.3) is 10.6 Å². The van der Waals surface area contributed by atoms with Crippen molar-refractivity contribution >= 4 is 28.8 Å². The molecule has 0 spiro atoms. The third-order valence-corrected chi connectivity index (χ3v) is 4.02. The van der Waals surface area contributed by atoms with Gasteiger partial charge in [-0.3, -0.25) is 4.79 Å². The first kappa shape index (κ1) is 15.9. The molecular formula is C14H13ClF2N2OS. The standard InChI is InChI=1S/C14H13ClF2N2OS/c1-19(7-12(16)17)14(20)10-4-2-3-9(5-10)13-18-11(6-15)8-21-13/h2-5,8,12H,6-7H2,1H3. The molecule has 1 aromatic carbocycles. The van der Waals surface area contributed by atoms with Crippen molar-refractivity contribution in [2.24, 2.45) is 0 Å². The summed E-state index contributed by atoms with van der Waals surface area (Å²) >= 11 is 7.14. The fraction of sp³-hybridized carbons (Fsp3) is 0.286. The van der Waals surface area contributed by atoms with E-state index in [-0.39, 0.29) is 0 Å². The molecule has 7 heteroatoms. The van der Waals surface area contributed by atoms with Gasteiger partial charge in [0.05, 0.1) is 18.1 Å². The Bertz CT molecular complexity index is 633. The monoisotopic (exact) mass is 330 g/mol. The lowest BCUT2D eigenvalue weighted by Gasteiger charge is -2.16. The first-order valence-electron chi connectivity index (χ1n) is 6.15. The van der Waals surface area contributed by atoms with Crippen LogP contribution in [0.1, 0.15) is 16.1 Å². The van der Waals surface area contributed by atoms with Gasteiger partial charge in [0, 0.05) is 23.6 Å². The number of carbonyl (C=O) groups excluding carboxylic acids is 1. The first-order valence-corrected chi connectivity index (χ1v) is 7.57. The van der Waals surface area contributed by atoms with Gasteiger partial charge in [-0.25, -0.2) is 13.8 Å². The highest BCUT2D eigenvalue weighted by molar-refractivity contribution is 7.13. The molecule has 0 saturated heterocycles. The Morgan fingerprint density at radius 3 is 2.86 bits per heavy atom. The maximum absolute atomic E-state index is 12.3. The molecule has 112 valence electrons. The van der Waals surface area contributed by atoms with E-state index in [0.29, 0.717) is 11.4 Å². The normalized spacial score (nSPS) is 10.9. The minimum atomic E-state index is -2.55. The highest BCUT2D eigenvalue weighted by atomic mass is 35.5. The van der Waals surface area contributed by atoms with Crippen molar-refractivity contribution < 1.29 is 13.6 Å². The van der Waals surface area contributed by atoms with Gasteiger partial charge in [-0.15, -0.1) is 22.9 Å². The van der Waals surface area contributed by atoms with Crippen molar-refractivity contribution in [2.75, 3.05) is 13.6 Å². The molecule has 0 radical (unpaired) electrons. The van der Waals surface area contributed by atoms with E-state index in [1.807, 2.05) is 11.4 Å². The Kier molecular flexibility index (Phi) is 5.25. The molecule has 0 N–H and O–H groups in total. The van der Waals surface area contributed by atoms with Gasteiger partial charge in [0.25, 0.3) is 12.3 Å². The highest BCUT2D eigenvalue weighted by Crippen LogP contribution is 2.25. The molecule has 0 aliphatic rings. The van der Waals surface area contributed by atoms with Gasteiger partial charge in [0.1, 0.15) is 5.01 Å². The summed E-state index contributed by atoms with van der Waals surface area (Å²) in [5.41, 5.74) is 1.90. The van der Waals surface area contributed by atoms with Gasteiger partial charge < -0.3 is 4.90 Å². The number of nitrogens with zero attached hydrogens (tertiary/aromatic N) is 2. The summed E-state index contributed by atoms with van der Waals surface area (Å²) in [6.07, 6.45) is -2.55. The molecule has 1 amide bonds. The fourth-order valence-electron chi connectivity index (χ4n) is 1.80. The molecule has 1 heterocycles. The summed E-state index contributed by atoms with van der Waals surface area (Å²) < 4.78 is 24.7. The van der Waals surface area contributed by atoms with Gasteiger partial charge in [-0.05, 0) is 12.1 Å². The number of carbonyl (C=O) groups is 1. The van der Waals surface area contributed by atoms with Gasteiger partial charge in [-0.2, -0.15) is 0 Å². The van der Waals surface area contributed by atoms with Crippen LogP contribution in [0.2, 0.25) is 0 Å². The minimum absolute atomic E-state index is 0.326. The molecule has 3 nitrogen and oxygen atoms in total. The fourth-order valence-corrected chi connectivity index (χ4v) is 2.84. The predicted octanol–water partition coefficient (Wildman–Crippen LogP) is 3.89. The summed E-state index contributed by atoms with van der Waals surface area (Å²) in [7, 11) is 1.36. The van der Waals surface area contributed by atoms with Crippen LogP contribution < -0.4 is 0 Å². The van der Waals surface area contributed by atoms with E-state index in [0.717, 1.165) is 21.2 Å². The van der Waals surface area contributed by atoms with E-state index < -0.39 is 18.9 Å². The number of alkyl halides is 3. The van der Waals surface area contributed by atoms with Crippen LogP contribution >= 0.6 is 22.9 Å². The second-order valence-electron chi connectivity index (χ2n) is 4.44. The molecule has 0 unspecified atom stereocenters. The van der Waals surface area contributed by atoms with Crippen molar-refractivity contribution in [3.63, 3.8) is 0 Å². The second-order valence-corrected chi connectivity index (χ2v) is 5.56. The molecule has 21 heavy (non-hydrogen) atoms. The molecule has 1 aromatic heterocycles. The predicted molar refractivity (Wildman–Crippen MR) is 80.1 cm³/mol. The molecular weight excluding hydrogens is 318 g/mol. The van der Waals surface area contributed by atoms with Crippen molar-refractivity contribution in [3.05, 3.63) is 40.9 Å². The van der Waals surface area contributed by atoms with Crippen LogP contribution in [0.5, 0.6) is 0 Å². The topological polar surface area (TPSA) is 33.2 Å². The van der Waals surface area contributed by atoms with Crippen molar-refractivity contribution in [2.45, 2.75) is 12.3 Å². The van der Waals surface area contributed by atoms with Crippen molar-refractivity contribution in [3.8, 4) is 10.6 Å². The quantitative estimate of drug-likeness (QED) is 0.779. The Hall–Kier alpha value is -1.53. The summed E-state index contributed by atoms with van der Waals surface area (Å²) in [6.45, 7) is -0.587. The number of rotatable bonds is 5. The summed E-state index contributed by atoms with van der Waals surface area (Å²) in [5.74, 6) is -0.113. The van der Waals surface area contributed by atoms with E-state index >= 15 is 0 Å². The number of thiazole rings is 1. The largest absolute Gasteiger partial charge is 0.336 e. The van der Waals surface area contributed by atoms with Crippen LogP contribution in [-0.4, -0.2) is 35.8 Å². The van der Waals surface area contributed by atoms with E-state index in [4.69, 9.17) is 11.6 Å². The number of hydrogen-bond donors (Lipinski definition) is 0. The number of benzene rings is 1. The summed E-state index contributed by atoms with van der Waals surface area (Å²) in [4.78, 5) is 17.4. The molecule has 0 aliphatic carbocycles. The summed E-state index contributed by atoms with van der Waals surface area (Å²) in [6, 6.07) is 6.78. The van der Waals surface area contributed by atoms with E-state index in [1.54, 1.807) is 18.2 Å². The highest BCUT2D eigenvalue weighted by Gasteiger charge is 2.16. The average molecular weight is 331 g/mol. The van der Waals surface area contributed by atoms with Crippen LogP contribution in [0, 0.1) is 0 Å². The van der Waals surface area contributed by atoms with Gasteiger partial charge in [-0.1, -0.05) is 12.1 Å². The first-order chi connectivity index (χ1) is 10.0. The number of hydrogen-bond acceptors (Lipinski definition) is 3. The number of aromatic nitrogens is 1. The lowest BCUT2D eigenvalue weighted by atomic mass is 10.1. The Labute approximate surface area is 130 Å². The van der Waals surface area contributed by atoms with E-state index in [1.165, 1.54) is 18.4 Å². The summed E-state index contributed by atoms with van der Waals surface area (Å²) in [5, 5.41) is 2.59. The van der Waals surface area contributed by atoms with Crippen LogP contribution in [-0.2, 0) is 5.88 Å². The SMILES string of the molecule is CN(CC(F)F)C(=O)c1cccc(-c2nc(CCl)cs2)c1. The smallest absolute Gasteiger partial charge is 0.255 e. The Balaban J connectivity index is 2.23. The molecule has 0 fully saturated rings. The van der Waals surface area contributed by atoms with Gasteiger partial charge in [0.15, 0.2) is 0 Å². The molecule has 2 aromatic rings. The number of amides is 1. The zero-order valence-corrected chi connectivity index (χ0v) is 12.8. The Morgan fingerprint density at radius 1 is 1.48 bits per heavy atom. The molecule has 0 bridgehead atoms. The second kappa shape index (κ2) is 6.95. The van der Waals surface area contributed by atoms with Crippen LogP contribution in [0.4, 0.5) is 8.78 Å². The lowest BCUT2D eigenvalue weighted by molar-refractivity contribution is 0.0620. The van der Waals surface area contributed by atoms with Gasteiger partial charge >= 0.3 is 0 Å². The van der Waals surface area contributed by atoms with E-state index in [2.05, 4.69) is 4.98 Å². The third-order valence-electron chi connectivity index (χ3n) is 2.80. The molecule has 0 saturated carbocycles. The zero-order valence-electron chi connectivity index (χ0n) is 11.2. The third kappa shape index (κ3) is 3.98. The van der Waals surface area contributed by atoms with Crippen LogP contribution in [0.15, 0.2) is 29.6 Å². The maximum Gasteiger partial charge on any atom is 0.255 e. The van der Waals surface area contributed by atoms with Gasteiger partial charge in [0.2, 0.25) is 0 Å². The maximum atomic E-state index is 12.3. The van der Waals surface area contributed by atoms with E-state index in [9.17, 15) is 13.6 Å². The average Bonchev–Trinajstić information content (AvgIpc) is 2.95. The Morgan fingerprint density at radius 2 is 2.24 bits per heavy atom.